The fourth-order valence-corrected chi connectivity index (χ4v) is 4.25. The van der Waals surface area contributed by atoms with Crippen LogP contribution in [0.1, 0.15) is 30.4 Å². The van der Waals surface area contributed by atoms with Crippen LogP contribution >= 0.6 is 0 Å². The molecule has 0 radical (unpaired) electrons. The van der Waals surface area contributed by atoms with E-state index in [1.54, 1.807) is 24.4 Å². The number of nitro groups is 1. The Morgan fingerprint density at radius 1 is 1.16 bits per heavy atom. The average Bonchev–Trinajstić information content (AvgIpc) is 3.21. The van der Waals surface area contributed by atoms with Crippen LogP contribution in [0.5, 0.6) is 0 Å². The fraction of sp³-hybridized carbons (Fsp3) is 0.348. The van der Waals surface area contributed by atoms with E-state index in [2.05, 4.69) is 16.8 Å². The molecule has 2 heterocycles. The van der Waals surface area contributed by atoms with Crippen molar-refractivity contribution in [3.63, 3.8) is 0 Å². The minimum Gasteiger partial charge on any atom is -0.361 e. The molecule has 2 aromatic carbocycles. The monoisotopic (exact) mass is 424 g/mol. The maximum Gasteiger partial charge on any atom is 0.270 e. The van der Waals surface area contributed by atoms with Gasteiger partial charge in [0.1, 0.15) is 5.82 Å². The van der Waals surface area contributed by atoms with Gasteiger partial charge in [0.15, 0.2) is 0 Å². The summed E-state index contributed by atoms with van der Waals surface area (Å²) in [6, 6.07) is 10.8. The lowest BCUT2D eigenvalue weighted by Crippen LogP contribution is -2.48. The first-order valence-electron chi connectivity index (χ1n) is 10.5. The highest BCUT2D eigenvalue weighted by atomic mass is 19.1. The summed E-state index contributed by atoms with van der Waals surface area (Å²) in [5.41, 5.74) is 2.35. The SMILES string of the molecule is CCN1CCN(C(=O)CC(c2ccc(F)cc2)c2c[nH]c3ccc([N+](=O)[O-])cc23)CC1. The van der Waals surface area contributed by atoms with Crippen LogP contribution in [0.15, 0.2) is 48.7 Å². The summed E-state index contributed by atoms with van der Waals surface area (Å²) in [6.45, 7) is 6.14. The summed E-state index contributed by atoms with van der Waals surface area (Å²) < 4.78 is 13.5. The van der Waals surface area contributed by atoms with Crippen molar-refractivity contribution in [3.8, 4) is 0 Å². The number of H-pyrrole nitrogens is 1. The molecule has 7 nitrogen and oxygen atoms in total. The Bertz CT molecular complexity index is 1090. The van der Waals surface area contributed by atoms with Crippen molar-refractivity contribution in [2.45, 2.75) is 19.3 Å². The van der Waals surface area contributed by atoms with Gasteiger partial charge in [0.2, 0.25) is 5.91 Å². The average molecular weight is 424 g/mol. The van der Waals surface area contributed by atoms with Crippen LogP contribution in [0.25, 0.3) is 10.9 Å². The highest BCUT2D eigenvalue weighted by Crippen LogP contribution is 2.35. The number of carbonyl (C=O) groups excluding carboxylic acids is 1. The van der Waals surface area contributed by atoms with E-state index in [1.807, 2.05) is 4.90 Å². The zero-order valence-electron chi connectivity index (χ0n) is 17.4. The number of nitro benzene ring substituents is 1. The molecule has 8 heteroatoms. The summed E-state index contributed by atoms with van der Waals surface area (Å²) in [6.07, 6.45) is 2.01. The fourth-order valence-electron chi connectivity index (χ4n) is 4.25. The van der Waals surface area contributed by atoms with Gasteiger partial charge in [-0.15, -0.1) is 0 Å². The van der Waals surface area contributed by atoms with Crippen molar-refractivity contribution in [1.29, 1.82) is 0 Å². The summed E-state index contributed by atoms with van der Waals surface area (Å²) in [5, 5.41) is 12.0. The second-order valence-corrected chi connectivity index (χ2v) is 7.85. The molecule has 1 fully saturated rings. The third-order valence-corrected chi connectivity index (χ3v) is 6.11. The number of piperazine rings is 1. The molecule has 1 amide bonds. The molecule has 0 saturated carbocycles. The van der Waals surface area contributed by atoms with Crippen LogP contribution in [0, 0.1) is 15.9 Å². The van der Waals surface area contributed by atoms with Gasteiger partial charge in [-0.1, -0.05) is 19.1 Å². The van der Waals surface area contributed by atoms with Gasteiger partial charge in [0, 0.05) is 67.8 Å². The van der Waals surface area contributed by atoms with Gasteiger partial charge >= 0.3 is 0 Å². The molecule has 1 aliphatic rings. The maximum atomic E-state index is 13.5. The van der Waals surface area contributed by atoms with Crippen LogP contribution in [-0.4, -0.2) is 58.3 Å². The van der Waals surface area contributed by atoms with Gasteiger partial charge in [0.25, 0.3) is 5.69 Å². The van der Waals surface area contributed by atoms with E-state index < -0.39 is 4.92 Å². The molecule has 1 aromatic heterocycles. The molecule has 162 valence electrons. The van der Waals surface area contributed by atoms with Crippen molar-refractivity contribution in [1.82, 2.24) is 14.8 Å². The van der Waals surface area contributed by atoms with E-state index >= 15 is 0 Å². The number of aromatic amines is 1. The number of hydrogen-bond acceptors (Lipinski definition) is 4. The Morgan fingerprint density at radius 3 is 2.52 bits per heavy atom. The lowest BCUT2D eigenvalue weighted by molar-refractivity contribution is -0.384. The van der Waals surface area contributed by atoms with Crippen molar-refractivity contribution in [2.24, 2.45) is 0 Å². The van der Waals surface area contributed by atoms with Crippen LogP contribution in [-0.2, 0) is 4.79 Å². The number of rotatable bonds is 6. The van der Waals surface area contributed by atoms with Crippen LogP contribution < -0.4 is 0 Å². The molecule has 3 aromatic rings. The number of halogens is 1. The first-order chi connectivity index (χ1) is 15.0. The molecule has 1 aliphatic heterocycles. The van der Waals surface area contributed by atoms with Crippen molar-refractivity contribution in [2.75, 3.05) is 32.7 Å². The molecule has 1 atom stereocenters. The first-order valence-corrected chi connectivity index (χ1v) is 10.5. The molecule has 1 unspecified atom stereocenters. The smallest absolute Gasteiger partial charge is 0.270 e. The summed E-state index contributed by atoms with van der Waals surface area (Å²) in [4.78, 5) is 31.4. The number of carbonyl (C=O) groups is 1. The van der Waals surface area contributed by atoms with Gasteiger partial charge in [0.05, 0.1) is 4.92 Å². The zero-order chi connectivity index (χ0) is 22.0. The third kappa shape index (κ3) is 4.44. The molecule has 0 aliphatic carbocycles. The second kappa shape index (κ2) is 8.85. The Kier molecular flexibility index (Phi) is 5.99. The highest BCUT2D eigenvalue weighted by molar-refractivity contribution is 5.87. The van der Waals surface area contributed by atoms with Gasteiger partial charge in [-0.25, -0.2) is 4.39 Å². The van der Waals surface area contributed by atoms with Crippen molar-refractivity contribution < 1.29 is 14.1 Å². The van der Waals surface area contributed by atoms with E-state index in [0.717, 1.165) is 36.3 Å². The van der Waals surface area contributed by atoms with E-state index in [9.17, 15) is 19.3 Å². The van der Waals surface area contributed by atoms with Crippen molar-refractivity contribution in [3.05, 3.63) is 75.7 Å². The van der Waals surface area contributed by atoms with E-state index in [0.29, 0.717) is 18.5 Å². The quantitative estimate of drug-likeness (QED) is 0.481. The maximum absolute atomic E-state index is 13.5. The van der Waals surface area contributed by atoms with Gasteiger partial charge in [-0.05, 0) is 35.9 Å². The van der Waals surface area contributed by atoms with Crippen LogP contribution in [0.3, 0.4) is 0 Å². The Balaban J connectivity index is 1.68. The van der Waals surface area contributed by atoms with E-state index in [1.165, 1.54) is 24.3 Å². The molecule has 0 spiro atoms. The number of nitrogens with zero attached hydrogens (tertiary/aromatic N) is 3. The number of non-ortho nitro benzene ring substituents is 1. The Hall–Kier alpha value is -3.26. The number of hydrogen-bond donors (Lipinski definition) is 1. The van der Waals surface area contributed by atoms with Gasteiger partial charge < -0.3 is 14.8 Å². The topological polar surface area (TPSA) is 82.5 Å². The minimum atomic E-state index is -0.429. The van der Waals surface area contributed by atoms with E-state index in [4.69, 9.17) is 0 Å². The number of benzene rings is 2. The molecule has 1 saturated heterocycles. The standard InChI is InChI=1S/C23H25FN4O3/c1-2-26-9-11-27(12-10-26)23(29)14-19(16-3-5-17(24)6-4-16)21-15-25-22-8-7-18(28(30)31)13-20(21)22/h3-8,13,15,19,25H,2,9-12,14H2,1H3. The largest absolute Gasteiger partial charge is 0.361 e. The predicted molar refractivity (Wildman–Crippen MR) is 117 cm³/mol. The molecular weight excluding hydrogens is 399 g/mol. The summed E-state index contributed by atoms with van der Waals surface area (Å²) >= 11 is 0. The second-order valence-electron chi connectivity index (χ2n) is 7.85. The molecular formula is C23H25FN4O3. The highest BCUT2D eigenvalue weighted by Gasteiger charge is 2.27. The summed E-state index contributed by atoms with van der Waals surface area (Å²) in [5.74, 6) is -0.656. The molecule has 4 rings (SSSR count). The normalized spacial score (nSPS) is 15.9. The number of nitrogens with one attached hydrogen (secondary N) is 1. The number of likely N-dealkylation sites (N-methyl/N-ethyl adjacent to an activating group) is 1. The lowest BCUT2D eigenvalue weighted by Gasteiger charge is -2.34. The number of fused-ring (bicyclic) bond motifs is 1. The van der Waals surface area contributed by atoms with Crippen LogP contribution in [0.2, 0.25) is 0 Å². The lowest BCUT2D eigenvalue weighted by atomic mass is 9.87. The Labute approximate surface area is 179 Å². The van der Waals surface area contributed by atoms with Crippen molar-refractivity contribution >= 4 is 22.5 Å². The summed E-state index contributed by atoms with van der Waals surface area (Å²) in [7, 11) is 0. The molecule has 0 bridgehead atoms. The number of amides is 1. The number of aromatic nitrogens is 1. The zero-order valence-corrected chi connectivity index (χ0v) is 17.4. The predicted octanol–water partition coefficient (Wildman–Crippen LogP) is 3.90. The molecule has 1 N–H and O–H groups in total. The molecule has 31 heavy (non-hydrogen) atoms. The minimum absolute atomic E-state index is 0.00628. The van der Waals surface area contributed by atoms with Gasteiger partial charge in [-0.3, -0.25) is 14.9 Å². The van der Waals surface area contributed by atoms with Gasteiger partial charge in [-0.2, -0.15) is 0 Å². The van der Waals surface area contributed by atoms with Crippen LogP contribution in [0.4, 0.5) is 10.1 Å². The van der Waals surface area contributed by atoms with E-state index in [-0.39, 0.29) is 29.8 Å². The first kappa shape index (κ1) is 21.0. The Morgan fingerprint density at radius 2 is 1.87 bits per heavy atom. The third-order valence-electron chi connectivity index (χ3n) is 6.11.